The van der Waals surface area contributed by atoms with Crippen LogP contribution in [0, 0.1) is 0 Å². The van der Waals surface area contributed by atoms with Crippen molar-refractivity contribution in [2.75, 3.05) is 29.3 Å². The van der Waals surface area contributed by atoms with E-state index in [0.29, 0.717) is 18.1 Å². The zero-order valence-electron chi connectivity index (χ0n) is 11.7. The van der Waals surface area contributed by atoms with Crippen LogP contribution in [0.1, 0.15) is 25.8 Å². The van der Waals surface area contributed by atoms with Crippen molar-refractivity contribution in [3.8, 4) is 0 Å². The summed E-state index contributed by atoms with van der Waals surface area (Å²) < 4.78 is 0. The molecule has 0 spiro atoms. The molecule has 0 aliphatic carbocycles. The molecular formula is C12H23N5OS. The van der Waals surface area contributed by atoms with Crippen LogP contribution >= 0.6 is 11.8 Å². The number of nitrogens with two attached hydrogens (primary N) is 1. The minimum atomic E-state index is -0.774. The van der Waals surface area contributed by atoms with E-state index >= 15 is 0 Å². The second kappa shape index (κ2) is 7.52. The smallest absolute Gasteiger partial charge is 0.148 e. The van der Waals surface area contributed by atoms with Gasteiger partial charge in [-0.1, -0.05) is 13.3 Å². The molecule has 0 fully saturated rings. The van der Waals surface area contributed by atoms with Gasteiger partial charge in [-0.2, -0.15) is 11.8 Å². The lowest BCUT2D eigenvalue weighted by atomic mass is 10.1. The molecule has 108 valence electrons. The number of hydrogen-bond donors (Lipinski definition) is 4. The van der Waals surface area contributed by atoms with Crippen molar-refractivity contribution in [3.05, 3.63) is 11.9 Å². The average molecular weight is 285 g/mol. The Morgan fingerprint density at radius 1 is 1.42 bits per heavy atom. The Labute approximate surface area is 118 Å². The molecule has 1 aromatic rings. The van der Waals surface area contributed by atoms with Crippen LogP contribution in [0.5, 0.6) is 0 Å². The van der Waals surface area contributed by atoms with Crippen molar-refractivity contribution in [1.82, 2.24) is 9.97 Å². The summed E-state index contributed by atoms with van der Waals surface area (Å²) in [6.07, 6.45) is 5.23. The molecule has 0 amide bonds. The van der Waals surface area contributed by atoms with E-state index in [1.54, 1.807) is 18.7 Å². The number of thioether (sulfide) groups is 1. The lowest BCUT2D eigenvalue weighted by Gasteiger charge is -2.23. The standard InChI is InChI=1S/C12H23N5OS/c1-4-5-9-10(15-8-16-11(9)17-13)14-6-12(2,18)7-19-3/h8,18H,4-7,13H2,1-3H3,(H2,14,15,16,17). The molecule has 0 aliphatic rings. The molecule has 0 aromatic carbocycles. The van der Waals surface area contributed by atoms with E-state index in [0.717, 1.165) is 24.2 Å². The minimum absolute atomic E-state index is 0.436. The highest BCUT2D eigenvalue weighted by Crippen LogP contribution is 2.22. The van der Waals surface area contributed by atoms with Crippen LogP contribution in [0.25, 0.3) is 0 Å². The summed E-state index contributed by atoms with van der Waals surface area (Å²) in [5, 5.41) is 13.3. The number of nitrogens with one attached hydrogen (secondary N) is 2. The van der Waals surface area contributed by atoms with Crippen molar-refractivity contribution in [2.24, 2.45) is 5.84 Å². The summed E-state index contributed by atoms with van der Waals surface area (Å²) in [5.74, 6) is 7.48. The third-order valence-electron chi connectivity index (χ3n) is 2.67. The summed E-state index contributed by atoms with van der Waals surface area (Å²) in [5.41, 5.74) is 2.76. The van der Waals surface area contributed by atoms with Gasteiger partial charge < -0.3 is 15.8 Å². The monoisotopic (exact) mass is 285 g/mol. The Hall–Kier alpha value is -1.05. The van der Waals surface area contributed by atoms with E-state index in [1.165, 1.54) is 6.33 Å². The number of anilines is 2. The largest absolute Gasteiger partial charge is 0.387 e. The molecule has 6 nitrogen and oxygen atoms in total. The maximum absolute atomic E-state index is 10.2. The van der Waals surface area contributed by atoms with E-state index in [9.17, 15) is 5.11 Å². The van der Waals surface area contributed by atoms with E-state index < -0.39 is 5.60 Å². The highest BCUT2D eigenvalue weighted by Gasteiger charge is 2.20. The van der Waals surface area contributed by atoms with Gasteiger partial charge in [-0.15, -0.1) is 0 Å². The lowest BCUT2D eigenvalue weighted by molar-refractivity contribution is 0.0996. The van der Waals surface area contributed by atoms with Gasteiger partial charge in [0.15, 0.2) is 0 Å². The van der Waals surface area contributed by atoms with Crippen molar-refractivity contribution >= 4 is 23.4 Å². The van der Waals surface area contributed by atoms with Crippen molar-refractivity contribution in [3.63, 3.8) is 0 Å². The maximum atomic E-state index is 10.2. The predicted molar refractivity (Wildman–Crippen MR) is 81.3 cm³/mol. The number of rotatable bonds is 8. The molecule has 0 aliphatic heterocycles. The average Bonchev–Trinajstić information content (AvgIpc) is 2.37. The second-order valence-electron chi connectivity index (χ2n) is 4.73. The van der Waals surface area contributed by atoms with Gasteiger partial charge in [-0.25, -0.2) is 15.8 Å². The van der Waals surface area contributed by atoms with Gasteiger partial charge in [0.2, 0.25) is 0 Å². The van der Waals surface area contributed by atoms with Gasteiger partial charge >= 0.3 is 0 Å². The Balaban J connectivity index is 2.82. The Morgan fingerprint density at radius 3 is 2.68 bits per heavy atom. The number of nitrogen functional groups attached to an aromatic ring is 1. The first-order valence-electron chi connectivity index (χ1n) is 6.29. The SMILES string of the molecule is CCCc1c(NN)ncnc1NCC(C)(O)CSC. The molecule has 0 bridgehead atoms. The molecule has 7 heteroatoms. The van der Waals surface area contributed by atoms with E-state index in [-0.39, 0.29) is 0 Å². The summed E-state index contributed by atoms with van der Waals surface area (Å²) in [6, 6.07) is 0. The van der Waals surface area contributed by atoms with Gasteiger partial charge in [-0.05, 0) is 19.6 Å². The van der Waals surface area contributed by atoms with Crippen molar-refractivity contribution < 1.29 is 5.11 Å². The number of hydrogen-bond acceptors (Lipinski definition) is 7. The van der Waals surface area contributed by atoms with Gasteiger partial charge in [0.1, 0.15) is 18.0 Å². The van der Waals surface area contributed by atoms with Crippen LogP contribution in [-0.4, -0.2) is 39.2 Å². The van der Waals surface area contributed by atoms with Crippen molar-refractivity contribution in [1.29, 1.82) is 0 Å². The predicted octanol–water partition coefficient (Wildman–Crippen LogP) is 1.24. The highest BCUT2D eigenvalue weighted by atomic mass is 32.2. The third kappa shape index (κ3) is 4.85. The van der Waals surface area contributed by atoms with Crippen LogP contribution < -0.4 is 16.6 Å². The Morgan fingerprint density at radius 2 is 2.11 bits per heavy atom. The van der Waals surface area contributed by atoms with Gasteiger partial charge in [0, 0.05) is 17.9 Å². The first-order valence-corrected chi connectivity index (χ1v) is 7.69. The van der Waals surface area contributed by atoms with Crippen LogP contribution in [0.15, 0.2) is 6.33 Å². The fourth-order valence-electron chi connectivity index (χ4n) is 1.81. The molecule has 0 radical (unpaired) electrons. The van der Waals surface area contributed by atoms with Gasteiger partial charge in [0.25, 0.3) is 0 Å². The molecule has 19 heavy (non-hydrogen) atoms. The van der Waals surface area contributed by atoms with E-state index in [4.69, 9.17) is 5.84 Å². The van der Waals surface area contributed by atoms with Crippen LogP contribution in [-0.2, 0) is 6.42 Å². The summed E-state index contributed by atoms with van der Waals surface area (Å²) in [7, 11) is 0. The van der Waals surface area contributed by atoms with Gasteiger partial charge in [-0.3, -0.25) is 0 Å². The first kappa shape index (κ1) is 16.0. The number of aliphatic hydroxyl groups is 1. The summed E-state index contributed by atoms with van der Waals surface area (Å²) >= 11 is 1.61. The zero-order chi connectivity index (χ0) is 14.3. The lowest BCUT2D eigenvalue weighted by Crippen LogP contribution is -2.36. The molecule has 1 unspecified atom stereocenters. The minimum Gasteiger partial charge on any atom is -0.387 e. The van der Waals surface area contributed by atoms with Crippen LogP contribution in [0.2, 0.25) is 0 Å². The third-order valence-corrected chi connectivity index (χ3v) is 3.58. The topological polar surface area (TPSA) is 96.1 Å². The molecule has 5 N–H and O–H groups in total. The highest BCUT2D eigenvalue weighted by molar-refractivity contribution is 7.98. The molecular weight excluding hydrogens is 262 g/mol. The van der Waals surface area contributed by atoms with E-state index in [2.05, 4.69) is 27.6 Å². The number of aromatic nitrogens is 2. The quantitative estimate of drug-likeness (QED) is 0.421. The molecule has 0 saturated heterocycles. The second-order valence-corrected chi connectivity index (χ2v) is 5.59. The molecule has 1 heterocycles. The summed E-state index contributed by atoms with van der Waals surface area (Å²) in [4.78, 5) is 8.34. The molecule has 0 saturated carbocycles. The molecule has 1 atom stereocenters. The maximum Gasteiger partial charge on any atom is 0.148 e. The van der Waals surface area contributed by atoms with E-state index in [1.807, 2.05) is 6.26 Å². The molecule has 1 aromatic heterocycles. The fraction of sp³-hybridized carbons (Fsp3) is 0.667. The zero-order valence-corrected chi connectivity index (χ0v) is 12.5. The Bertz CT molecular complexity index is 400. The van der Waals surface area contributed by atoms with Crippen LogP contribution in [0.3, 0.4) is 0 Å². The normalized spacial score (nSPS) is 13.9. The van der Waals surface area contributed by atoms with Crippen molar-refractivity contribution in [2.45, 2.75) is 32.3 Å². The number of nitrogens with zero attached hydrogens (tertiary/aromatic N) is 2. The first-order chi connectivity index (χ1) is 9.04. The fourth-order valence-corrected chi connectivity index (χ4v) is 2.54. The molecule has 1 rings (SSSR count). The summed E-state index contributed by atoms with van der Waals surface area (Å²) in [6.45, 7) is 4.33. The van der Waals surface area contributed by atoms with Gasteiger partial charge in [0.05, 0.1) is 5.60 Å². The van der Waals surface area contributed by atoms with Crippen LogP contribution in [0.4, 0.5) is 11.6 Å². The number of hydrazine groups is 1. The Kier molecular flexibility index (Phi) is 6.33.